The number of hydrogen-bond donors (Lipinski definition) is 0. The summed E-state index contributed by atoms with van der Waals surface area (Å²) < 4.78 is 16.7. The summed E-state index contributed by atoms with van der Waals surface area (Å²) in [6.07, 6.45) is 69.8. The molecule has 0 fully saturated rings. The van der Waals surface area contributed by atoms with Crippen molar-refractivity contribution in [2.45, 2.75) is 297 Å². The number of hydrogen-bond acceptors (Lipinski definition) is 6. The van der Waals surface area contributed by atoms with Crippen LogP contribution in [0.15, 0.2) is 60.8 Å². The largest absolute Gasteiger partial charge is 0.462 e. The molecule has 0 rings (SSSR count). The van der Waals surface area contributed by atoms with Crippen LogP contribution in [-0.4, -0.2) is 37.2 Å². The van der Waals surface area contributed by atoms with E-state index in [9.17, 15) is 14.4 Å². The van der Waals surface area contributed by atoms with E-state index in [1.807, 2.05) is 0 Å². The molecule has 1 unspecified atom stereocenters. The second kappa shape index (κ2) is 55.7. The molecule has 0 heterocycles. The Balaban J connectivity index is 4.04. The maximum Gasteiger partial charge on any atom is 0.306 e. The zero-order chi connectivity index (χ0) is 48.6. The first-order valence-corrected chi connectivity index (χ1v) is 28.8. The van der Waals surface area contributed by atoms with E-state index in [0.29, 0.717) is 19.3 Å². The van der Waals surface area contributed by atoms with Gasteiger partial charge >= 0.3 is 17.9 Å². The van der Waals surface area contributed by atoms with E-state index >= 15 is 0 Å². The summed E-state index contributed by atoms with van der Waals surface area (Å²) >= 11 is 0. The maximum absolute atomic E-state index is 12.8. The monoisotopic (exact) mass is 937 g/mol. The highest BCUT2D eigenvalue weighted by atomic mass is 16.6. The zero-order valence-electron chi connectivity index (χ0n) is 44.4. The Morgan fingerprint density at radius 2 is 0.582 bits per heavy atom. The minimum Gasteiger partial charge on any atom is -0.462 e. The van der Waals surface area contributed by atoms with Crippen LogP contribution >= 0.6 is 0 Å². The Hall–Kier alpha value is -2.89. The van der Waals surface area contributed by atoms with Crippen molar-refractivity contribution in [3.63, 3.8) is 0 Å². The predicted octanol–water partition coefficient (Wildman–Crippen LogP) is 19.2. The average molecular weight is 938 g/mol. The van der Waals surface area contributed by atoms with Gasteiger partial charge in [-0.05, 0) is 83.5 Å². The van der Waals surface area contributed by atoms with Gasteiger partial charge in [0, 0.05) is 19.3 Å². The number of carbonyl (C=O) groups is 3. The van der Waals surface area contributed by atoms with Crippen LogP contribution in [0.2, 0.25) is 0 Å². The molecular formula is C61H108O6. The summed E-state index contributed by atoms with van der Waals surface area (Å²) in [4.78, 5) is 37.8. The molecular weight excluding hydrogens is 829 g/mol. The minimum absolute atomic E-state index is 0.0741. The topological polar surface area (TPSA) is 78.9 Å². The molecule has 0 aromatic rings. The molecule has 0 saturated heterocycles. The zero-order valence-corrected chi connectivity index (χ0v) is 44.4. The number of esters is 3. The second-order valence-electron chi connectivity index (χ2n) is 19.2. The minimum atomic E-state index is -0.771. The van der Waals surface area contributed by atoms with Gasteiger partial charge in [-0.2, -0.15) is 0 Å². The molecule has 0 amide bonds. The molecule has 0 aromatic carbocycles. The molecule has 0 aromatic heterocycles. The normalized spacial score (nSPS) is 12.5. The van der Waals surface area contributed by atoms with Crippen molar-refractivity contribution in [1.29, 1.82) is 0 Å². The van der Waals surface area contributed by atoms with Gasteiger partial charge in [0.1, 0.15) is 13.2 Å². The second-order valence-corrected chi connectivity index (χ2v) is 19.2. The Labute approximate surface area is 415 Å². The maximum atomic E-state index is 12.8. The molecule has 0 N–H and O–H groups in total. The molecule has 6 heteroatoms. The fourth-order valence-corrected chi connectivity index (χ4v) is 8.19. The van der Waals surface area contributed by atoms with Gasteiger partial charge in [-0.3, -0.25) is 14.4 Å². The van der Waals surface area contributed by atoms with Gasteiger partial charge in [0.25, 0.3) is 0 Å². The van der Waals surface area contributed by atoms with E-state index in [2.05, 4.69) is 81.5 Å². The van der Waals surface area contributed by atoms with Crippen LogP contribution in [0.25, 0.3) is 0 Å². The van der Waals surface area contributed by atoms with Crippen LogP contribution in [0.4, 0.5) is 0 Å². The Morgan fingerprint density at radius 1 is 0.313 bits per heavy atom. The predicted molar refractivity (Wildman–Crippen MR) is 288 cm³/mol. The van der Waals surface area contributed by atoms with Crippen molar-refractivity contribution >= 4 is 17.9 Å². The molecule has 67 heavy (non-hydrogen) atoms. The first-order chi connectivity index (χ1) is 33.0. The SMILES string of the molecule is CC/C=C\C/C=C\C/C=C\C/C=C\CCCCCCCCCCCCCCCCC(=O)OCC(COC(=O)CCCCCCC)OC(=O)CCCCCCCCC/C=C\CCCCCCCC. The summed E-state index contributed by atoms with van der Waals surface area (Å²) in [7, 11) is 0. The number of carbonyl (C=O) groups excluding carboxylic acids is 3. The van der Waals surface area contributed by atoms with E-state index in [-0.39, 0.29) is 31.1 Å². The third-order valence-electron chi connectivity index (χ3n) is 12.5. The Kier molecular flexibility index (Phi) is 53.3. The summed E-state index contributed by atoms with van der Waals surface area (Å²) in [5, 5.41) is 0. The number of rotatable bonds is 52. The highest BCUT2D eigenvalue weighted by Crippen LogP contribution is 2.16. The van der Waals surface area contributed by atoms with Gasteiger partial charge in [-0.25, -0.2) is 0 Å². The smallest absolute Gasteiger partial charge is 0.306 e. The van der Waals surface area contributed by atoms with Gasteiger partial charge in [0.15, 0.2) is 6.10 Å². The first kappa shape index (κ1) is 64.1. The molecule has 1 atom stereocenters. The fraction of sp³-hybridized carbons (Fsp3) is 0.787. The van der Waals surface area contributed by atoms with Gasteiger partial charge in [-0.1, -0.05) is 248 Å². The lowest BCUT2D eigenvalue weighted by molar-refractivity contribution is -0.167. The van der Waals surface area contributed by atoms with Crippen molar-refractivity contribution in [2.24, 2.45) is 0 Å². The van der Waals surface area contributed by atoms with Crippen LogP contribution in [-0.2, 0) is 28.6 Å². The summed E-state index contributed by atoms with van der Waals surface area (Å²) in [5.41, 5.74) is 0. The third kappa shape index (κ3) is 53.9. The third-order valence-corrected chi connectivity index (χ3v) is 12.5. The number of unbranched alkanes of at least 4 members (excludes halogenated alkanes) is 31. The van der Waals surface area contributed by atoms with Crippen LogP contribution in [0, 0.1) is 0 Å². The van der Waals surface area contributed by atoms with E-state index in [1.165, 1.54) is 161 Å². The van der Waals surface area contributed by atoms with E-state index in [1.54, 1.807) is 0 Å². The average Bonchev–Trinajstić information content (AvgIpc) is 3.33. The van der Waals surface area contributed by atoms with Crippen molar-refractivity contribution in [3.8, 4) is 0 Å². The number of ether oxygens (including phenoxy) is 3. The first-order valence-electron chi connectivity index (χ1n) is 28.8. The highest BCUT2D eigenvalue weighted by Gasteiger charge is 2.19. The fourth-order valence-electron chi connectivity index (χ4n) is 8.19. The van der Waals surface area contributed by atoms with E-state index < -0.39 is 6.10 Å². The van der Waals surface area contributed by atoms with Crippen molar-refractivity contribution in [2.75, 3.05) is 13.2 Å². The summed E-state index contributed by atoms with van der Waals surface area (Å²) in [6.45, 7) is 6.46. The standard InChI is InChI=1S/C61H108O6/c1-4-7-10-13-15-17-19-21-23-25-26-27-28-29-30-31-32-33-34-36-37-39-41-43-45-48-51-54-60(63)66-57-58(56-65-59(62)53-50-47-12-9-6-3)67-61(64)55-52-49-46-44-42-40-38-35-24-22-20-18-16-14-11-8-5-2/h7,10,15,17,21-24,26-27,58H,4-6,8-9,11-14,16,18-20,25,28-57H2,1-3H3/b10-7-,17-15-,23-21-,24-22-,27-26-. The Bertz CT molecular complexity index is 1210. The molecule has 0 saturated carbocycles. The molecule has 0 spiro atoms. The van der Waals surface area contributed by atoms with Crippen molar-refractivity contribution in [1.82, 2.24) is 0 Å². The highest BCUT2D eigenvalue weighted by molar-refractivity contribution is 5.71. The van der Waals surface area contributed by atoms with Crippen molar-refractivity contribution < 1.29 is 28.6 Å². The van der Waals surface area contributed by atoms with Crippen LogP contribution in [0.3, 0.4) is 0 Å². The lowest BCUT2D eigenvalue weighted by Crippen LogP contribution is -2.30. The Morgan fingerprint density at radius 3 is 0.925 bits per heavy atom. The van der Waals surface area contributed by atoms with Gasteiger partial charge < -0.3 is 14.2 Å². The van der Waals surface area contributed by atoms with Gasteiger partial charge in [0.05, 0.1) is 0 Å². The lowest BCUT2D eigenvalue weighted by Gasteiger charge is -2.18. The summed E-state index contributed by atoms with van der Waals surface area (Å²) in [5.74, 6) is -0.883. The molecule has 0 aliphatic rings. The van der Waals surface area contributed by atoms with Crippen molar-refractivity contribution in [3.05, 3.63) is 60.8 Å². The molecule has 6 nitrogen and oxygen atoms in total. The quantitative estimate of drug-likeness (QED) is 0.0262. The van der Waals surface area contributed by atoms with E-state index in [0.717, 1.165) is 89.9 Å². The van der Waals surface area contributed by atoms with Gasteiger partial charge in [-0.15, -0.1) is 0 Å². The molecule has 0 aliphatic carbocycles. The molecule has 0 aliphatic heterocycles. The number of allylic oxidation sites excluding steroid dienone is 10. The molecule has 0 radical (unpaired) electrons. The van der Waals surface area contributed by atoms with Crippen LogP contribution < -0.4 is 0 Å². The van der Waals surface area contributed by atoms with Gasteiger partial charge in [0.2, 0.25) is 0 Å². The van der Waals surface area contributed by atoms with E-state index in [4.69, 9.17) is 14.2 Å². The summed E-state index contributed by atoms with van der Waals surface area (Å²) in [6, 6.07) is 0. The molecule has 0 bridgehead atoms. The van der Waals surface area contributed by atoms with Crippen LogP contribution in [0.5, 0.6) is 0 Å². The lowest BCUT2D eigenvalue weighted by atomic mass is 10.0. The van der Waals surface area contributed by atoms with Crippen LogP contribution in [0.1, 0.15) is 290 Å². The molecule has 388 valence electrons.